The molecule has 2 heterocycles. The molecule has 1 saturated carbocycles. The zero-order valence-electron chi connectivity index (χ0n) is 12.7. The highest BCUT2D eigenvalue weighted by molar-refractivity contribution is 8.14. The van der Waals surface area contributed by atoms with Gasteiger partial charge in [0.05, 0.1) is 0 Å². The number of hydrogen-bond donors (Lipinski definition) is 1. The highest BCUT2D eigenvalue weighted by atomic mass is 32.2. The second-order valence-electron chi connectivity index (χ2n) is 6.70. The van der Waals surface area contributed by atoms with Crippen molar-refractivity contribution in [2.45, 2.75) is 37.4 Å². The SMILES string of the molecule is C[C@]12CC(=O)[C@H]3C[C@@]1(O)O[C@@H](O2)C3CSC(=O)c1ccccc1. The van der Waals surface area contributed by atoms with Crippen LogP contribution in [0.2, 0.25) is 0 Å². The van der Waals surface area contributed by atoms with Gasteiger partial charge in [-0.25, -0.2) is 0 Å². The van der Waals surface area contributed by atoms with Crippen molar-refractivity contribution in [3.05, 3.63) is 35.9 Å². The summed E-state index contributed by atoms with van der Waals surface area (Å²) in [5, 5.41) is 10.6. The molecular weight excluding hydrogens is 316 g/mol. The first kappa shape index (κ1) is 15.3. The molecule has 0 aromatic heterocycles. The van der Waals surface area contributed by atoms with Gasteiger partial charge < -0.3 is 14.6 Å². The Morgan fingerprint density at radius 2 is 2.09 bits per heavy atom. The molecule has 1 aliphatic carbocycles. The van der Waals surface area contributed by atoms with Gasteiger partial charge in [-0.1, -0.05) is 42.1 Å². The Labute approximate surface area is 138 Å². The summed E-state index contributed by atoms with van der Waals surface area (Å²) in [5.41, 5.74) is -0.325. The van der Waals surface area contributed by atoms with Gasteiger partial charge in [-0.3, -0.25) is 9.59 Å². The van der Waals surface area contributed by atoms with Crippen molar-refractivity contribution >= 4 is 22.7 Å². The molecule has 3 fully saturated rings. The van der Waals surface area contributed by atoms with Crippen molar-refractivity contribution in [2.24, 2.45) is 11.8 Å². The summed E-state index contributed by atoms with van der Waals surface area (Å²) in [6, 6.07) is 9.06. The van der Waals surface area contributed by atoms with Gasteiger partial charge in [0.1, 0.15) is 11.4 Å². The molecule has 5 nitrogen and oxygen atoms in total. The van der Waals surface area contributed by atoms with E-state index >= 15 is 0 Å². The van der Waals surface area contributed by atoms with Gasteiger partial charge in [-0.05, 0) is 6.92 Å². The number of ketones is 1. The first-order valence-corrected chi connectivity index (χ1v) is 8.73. The molecular formula is C17H18O5S. The molecule has 4 rings (SSSR count). The Balaban J connectivity index is 1.50. The number of aliphatic hydroxyl groups is 1. The van der Waals surface area contributed by atoms with Gasteiger partial charge in [0, 0.05) is 36.0 Å². The lowest BCUT2D eigenvalue weighted by Gasteiger charge is -2.45. The number of rotatable bonds is 3. The van der Waals surface area contributed by atoms with Gasteiger partial charge in [-0.2, -0.15) is 0 Å². The zero-order valence-corrected chi connectivity index (χ0v) is 13.5. The van der Waals surface area contributed by atoms with Crippen LogP contribution in [0.25, 0.3) is 0 Å². The summed E-state index contributed by atoms with van der Waals surface area (Å²) in [6.07, 6.45) is -0.200. The van der Waals surface area contributed by atoms with Gasteiger partial charge in [0.2, 0.25) is 5.12 Å². The van der Waals surface area contributed by atoms with E-state index in [-0.39, 0.29) is 35.6 Å². The van der Waals surface area contributed by atoms with Crippen LogP contribution in [0.5, 0.6) is 0 Å². The van der Waals surface area contributed by atoms with Crippen LogP contribution < -0.4 is 0 Å². The van der Waals surface area contributed by atoms with E-state index < -0.39 is 17.7 Å². The van der Waals surface area contributed by atoms with Gasteiger partial charge in [-0.15, -0.1) is 0 Å². The zero-order chi connectivity index (χ0) is 16.2. The standard InChI is InChI=1S/C17H18O5S/c1-16-8-13(18)11-7-17(16,20)22-15(21-16)12(11)9-23-14(19)10-5-3-2-4-6-10/h2-6,11-12,15,20H,7-9H2,1H3/t11-,12?,15+,16-,17+/m0/s1. The minimum Gasteiger partial charge on any atom is -0.363 e. The van der Waals surface area contributed by atoms with E-state index in [0.29, 0.717) is 11.3 Å². The molecule has 1 aromatic carbocycles. The predicted molar refractivity (Wildman–Crippen MR) is 83.8 cm³/mol. The second kappa shape index (κ2) is 5.14. The number of benzene rings is 1. The Kier molecular flexibility index (Phi) is 3.43. The quantitative estimate of drug-likeness (QED) is 0.911. The molecule has 0 spiro atoms. The molecule has 3 aliphatic rings. The lowest BCUT2D eigenvalue weighted by atomic mass is 9.70. The van der Waals surface area contributed by atoms with Crippen LogP contribution >= 0.6 is 11.8 Å². The van der Waals surface area contributed by atoms with E-state index in [2.05, 4.69) is 0 Å². The number of ether oxygens (including phenoxy) is 2. The van der Waals surface area contributed by atoms with Crippen molar-refractivity contribution in [3.63, 3.8) is 0 Å². The van der Waals surface area contributed by atoms with Crippen molar-refractivity contribution in [1.29, 1.82) is 0 Å². The van der Waals surface area contributed by atoms with Crippen LogP contribution in [0.3, 0.4) is 0 Å². The highest BCUT2D eigenvalue weighted by Crippen LogP contribution is 2.56. The van der Waals surface area contributed by atoms with Gasteiger partial charge in [0.15, 0.2) is 12.1 Å². The van der Waals surface area contributed by atoms with Crippen LogP contribution in [-0.2, 0) is 14.3 Å². The molecule has 0 amide bonds. The minimum atomic E-state index is -1.37. The Hall–Kier alpha value is -1.21. The molecule has 1 N–H and O–H groups in total. The fraction of sp³-hybridized carbons (Fsp3) is 0.529. The van der Waals surface area contributed by atoms with Crippen LogP contribution in [-0.4, -0.2) is 39.4 Å². The summed E-state index contributed by atoms with van der Waals surface area (Å²) in [5.74, 6) is -1.34. The highest BCUT2D eigenvalue weighted by Gasteiger charge is 2.69. The Bertz CT molecular complexity index is 662. The van der Waals surface area contributed by atoms with E-state index in [0.717, 1.165) is 0 Å². The number of hydrogen-bond acceptors (Lipinski definition) is 6. The van der Waals surface area contributed by atoms with E-state index in [1.165, 1.54) is 11.8 Å². The number of carbonyl (C=O) groups is 2. The van der Waals surface area contributed by atoms with Crippen molar-refractivity contribution in [2.75, 3.05) is 5.75 Å². The average molecular weight is 334 g/mol. The third-order valence-corrected chi connectivity index (χ3v) is 6.27. The second-order valence-corrected chi connectivity index (χ2v) is 7.69. The minimum absolute atomic E-state index is 0.0300. The van der Waals surface area contributed by atoms with Crippen molar-refractivity contribution in [1.82, 2.24) is 0 Å². The fourth-order valence-electron chi connectivity index (χ4n) is 3.79. The van der Waals surface area contributed by atoms with Gasteiger partial charge >= 0.3 is 0 Å². The maximum Gasteiger partial charge on any atom is 0.219 e. The molecule has 3 bridgehead atoms. The van der Waals surface area contributed by atoms with E-state index in [4.69, 9.17) is 9.47 Å². The molecule has 1 aromatic rings. The maximum absolute atomic E-state index is 12.4. The van der Waals surface area contributed by atoms with Crippen LogP contribution in [0.15, 0.2) is 30.3 Å². The smallest absolute Gasteiger partial charge is 0.219 e. The number of thioether (sulfide) groups is 1. The lowest BCUT2D eigenvalue weighted by molar-refractivity contribution is -0.266. The largest absolute Gasteiger partial charge is 0.363 e. The normalized spacial score (nSPS) is 41.3. The Morgan fingerprint density at radius 1 is 1.35 bits per heavy atom. The summed E-state index contributed by atoms with van der Waals surface area (Å²) >= 11 is 1.18. The molecule has 5 atom stereocenters. The van der Waals surface area contributed by atoms with E-state index in [1.807, 2.05) is 18.2 Å². The lowest BCUT2D eigenvalue weighted by Crippen LogP contribution is -2.59. The summed E-state index contributed by atoms with van der Waals surface area (Å²) in [6.45, 7) is 1.73. The molecule has 2 aliphatic heterocycles. The number of fused-ring (bicyclic) bond motifs is 2. The monoisotopic (exact) mass is 334 g/mol. The number of Topliss-reactive ketones (excluding diaryl/α,β-unsaturated/α-hetero) is 1. The Morgan fingerprint density at radius 3 is 2.83 bits per heavy atom. The molecule has 23 heavy (non-hydrogen) atoms. The predicted octanol–water partition coefficient (Wildman–Crippen LogP) is 1.99. The van der Waals surface area contributed by atoms with E-state index in [9.17, 15) is 14.7 Å². The summed E-state index contributed by atoms with van der Waals surface area (Å²) in [4.78, 5) is 24.6. The maximum atomic E-state index is 12.4. The molecule has 122 valence electrons. The third-order valence-electron chi connectivity index (χ3n) is 5.22. The third kappa shape index (κ3) is 2.28. The first-order valence-electron chi connectivity index (χ1n) is 7.75. The molecule has 1 unspecified atom stereocenters. The van der Waals surface area contributed by atoms with Crippen molar-refractivity contribution < 1.29 is 24.2 Å². The van der Waals surface area contributed by atoms with Crippen LogP contribution in [0.1, 0.15) is 30.1 Å². The topological polar surface area (TPSA) is 72.8 Å². The molecule has 2 saturated heterocycles. The average Bonchev–Trinajstić information content (AvgIpc) is 2.69. The molecule has 6 heteroatoms. The summed E-state index contributed by atoms with van der Waals surface area (Å²) < 4.78 is 11.5. The van der Waals surface area contributed by atoms with Gasteiger partial charge in [0.25, 0.3) is 0 Å². The molecule has 0 radical (unpaired) electrons. The fourth-order valence-corrected chi connectivity index (χ4v) is 4.82. The van der Waals surface area contributed by atoms with Crippen LogP contribution in [0, 0.1) is 11.8 Å². The summed E-state index contributed by atoms with van der Waals surface area (Å²) in [7, 11) is 0. The van der Waals surface area contributed by atoms with E-state index in [1.54, 1.807) is 19.1 Å². The number of carbonyl (C=O) groups excluding carboxylic acids is 2. The van der Waals surface area contributed by atoms with Crippen LogP contribution in [0.4, 0.5) is 0 Å². The first-order chi connectivity index (χ1) is 10.9. The van der Waals surface area contributed by atoms with Crippen molar-refractivity contribution in [3.8, 4) is 0 Å².